The van der Waals surface area contributed by atoms with Gasteiger partial charge in [-0.05, 0) is 48.4 Å². The van der Waals surface area contributed by atoms with E-state index in [1.54, 1.807) is 30.3 Å². The topological polar surface area (TPSA) is 115 Å². The Morgan fingerprint density at radius 3 is 2.51 bits per heavy atom. The second-order valence-electron chi connectivity index (χ2n) is 7.49. The van der Waals surface area contributed by atoms with Crippen LogP contribution in [0.5, 0.6) is 11.5 Å². The number of ether oxygens (including phenoxy) is 2. The van der Waals surface area contributed by atoms with Gasteiger partial charge in [-0.15, -0.1) is 10.2 Å². The summed E-state index contributed by atoms with van der Waals surface area (Å²) in [6.07, 6.45) is 1.40. The molecule has 0 aliphatic carbocycles. The highest BCUT2D eigenvalue weighted by atomic mass is 35.5. The van der Waals surface area contributed by atoms with Gasteiger partial charge in [0.05, 0.1) is 12.8 Å². The van der Waals surface area contributed by atoms with Gasteiger partial charge in [0.1, 0.15) is 11.6 Å². The van der Waals surface area contributed by atoms with Crippen molar-refractivity contribution in [3.8, 4) is 22.1 Å². The highest BCUT2D eigenvalue weighted by Gasteiger charge is 2.16. The molecule has 0 saturated heterocycles. The van der Waals surface area contributed by atoms with Crippen LogP contribution in [0.25, 0.3) is 10.6 Å². The molecule has 1 heterocycles. The van der Waals surface area contributed by atoms with Crippen LogP contribution in [0.15, 0.2) is 77.9 Å². The van der Waals surface area contributed by atoms with E-state index in [9.17, 15) is 9.59 Å². The molecule has 0 aliphatic rings. The normalized spacial score (nSPS) is 10.8. The van der Waals surface area contributed by atoms with Crippen LogP contribution < -0.4 is 20.2 Å². The predicted octanol–water partition coefficient (Wildman–Crippen LogP) is 4.93. The zero-order valence-corrected chi connectivity index (χ0v) is 21.3. The number of carbonyl (C=O) groups is 2. The van der Waals surface area contributed by atoms with Crippen molar-refractivity contribution in [1.29, 1.82) is 0 Å². The van der Waals surface area contributed by atoms with Gasteiger partial charge in [0.2, 0.25) is 5.13 Å². The van der Waals surface area contributed by atoms with Gasteiger partial charge in [-0.1, -0.05) is 65.4 Å². The number of anilines is 1. The molecule has 0 radical (unpaired) electrons. The molecule has 4 rings (SSSR count). The molecule has 11 heteroatoms. The first kappa shape index (κ1) is 25.8. The van der Waals surface area contributed by atoms with Crippen molar-refractivity contribution in [2.45, 2.75) is 13.5 Å². The van der Waals surface area contributed by atoms with Gasteiger partial charge in [-0.25, -0.2) is 5.43 Å². The van der Waals surface area contributed by atoms with E-state index in [-0.39, 0.29) is 5.13 Å². The lowest BCUT2D eigenvalue weighted by atomic mass is 10.2. The Balaban J connectivity index is 1.32. The molecule has 0 bridgehead atoms. The van der Waals surface area contributed by atoms with Crippen molar-refractivity contribution in [2.24, 2.45) is 5.10 Å². The number of nitrogens with one attached hydrogen (secondary N) is 2. The highest BCUT2D eigenvalue weighted by molar-refractivity contribution is 7.18. The third kappa shape index (κ3) is 7.35. The van der Waals surface area contributed by atoms with Gasteiger partial charge in [-0.2, -0.15) is 5.10 Å². The molecular formula is C26H22ClN5O4S. The van der Waals surface area contributed by atoms with E-state index in [1.807, 2.05) is 49.4 Å². The van der Waals surface area contributed by atoms with E-state index >= 15 is 0 Å². The lowest BCUT2D eigenvalue weighted by molar-refractivity contribution is -0.136. The highest BCUT2D eigenvalue weighted by Crippen LogP contribution is 2.29. The summed E-state index contributed by atoms with van der Waals surface area (Å²) in [5.74, 6) is -0.770. The summed E-state index contributed by atoms with van der Waals surface area (Å²) in [7, 11) is 0. The van der Waals surface area contributed by atoms with Crippen LogP contribution in [0, 0.1) is 0 Å². The summed E-state index contributed by atoms with van der Waals surface area (Å²) in [6.45, 7) is 2.65. The third-order valence-corrected chi connectivity index (χ3v) is 5.97. The first-order valence-electron chi connectivity index (χ1n) is 11.2. The zero-order chi connectivity index (χ0) is 26.0. The summed E-state index contributed by atoms with van der Waals surface area (Å²) in [4.78, 5) is 24.3. The summed E-state index contributed by atoms with van der Waals surface area (Å²) < 4.78 is 11.6. The molecular weight excluding hydrogens is 514 g/mol. The largest absolute Gasteiger partial charge is 0.490 e. The van der Waals surface area contributed by atoms with E-state index in [0.717, 1.165) is 22.5 Å². The Bertz CT molecular complexity index is 1390. The number of rotatable bonds is 9. The minimum absolute atomic E-state index is 0.207. The van der Waals surface area contributed by atoms with Gasteiger partial charge in [0, 0.05) is 10.6 Å². The van der Waals surface area contributed by atoms with E-state index in [4.69, 9.17) is 21.1 Å². The molecule has 1 aromatic heterocycles. The molecule has 0 spiro atoms. The smallest absolute Gasteiger partial charge is 0.329 e. The molecule has 2 N–H and O–H groups in total. The summed E-state index contributed by atoms with van der Waals surface area (Å²) in [5, 5.41) is 15.7. The maximum Gasteiger partial charge on any atom is 0.329 e. The molecule has 4 aromatic rings. The average Bonchev–Trinajstić information content (AvgIpc) is 3.38. The summed E-state index contributed by atoms with van der Waals surface area (Å²) >= 11 is 7.08. The molecule has 0 fully saturated rings. The number of benzene rings is 3. The number of carbonyl (C=O) groups excluding carboxylic acids is 2. The van der Waals surface area contributed by atoms with Gasteiger partial charge < -0.3 is 9.47 Å². The molecule has 2 amide bonds. The number of hydrogen-bond acceptors (Lipinski definition) is 8. The van der Waals surface area contributed by atoms with Gasteiger partial charge >= 0.3 is 11.8 Å². The first-order valence-corrected chi connectivity index (χ1v) is 12.4. The number of hydrogen-bond donors (Lipinski definition) is 2. The summed E-state index contributed by atoms with van der Waals surface area (Å²) in [5.41, 5.74) is 4.66. The average molecular weight is 536 g/mol. The Kier molecular flexibility index (Phi) is 8.79. The van der Waals surface area contributed by atoms with Crippen molar-refractivity contribution in [2.75, 3.05) is 11.9 Å². The summed E-state index contributed by atoms with van der Waals surface area (Å²) in [6, 6.07) is 22.0. The van der Waals surface area contributed by atoms with E-state index < -0.39 is 11.8 Å². The van der Waals surface area contributed by atoms with E-state index in [2.05, 4.69) is 26.0 Å². The Morgan fingerprint density at radius 1 is 0.973 bits per heavy atom. The Hall–Kier alpha value is -4.28. The predicted molar refractivity (Wildman–Crippen MR) is 143 cm³/mol. The minimum Gasteiger partial charge on any atom is -0.490 e. The fourth-order valence-electron chi connectivity index (χ4n) is 3.08. The second-order valence-corrected chi connectivity index (χ2v) is 8.90. The lowest BCUT2D eigenvalue weighted by Gasteiger charge is -2.12. The van der Waals surface area contributed by atoms with Crippen LogP contribution >= 0.6 is 22.9 Å². The van der Waals surface area contributed by atoms with Crippen LogP contribution in [0.4, 0.5) is 5.13 Å². The fourth-order valence-corrected chi connectivity index (χ4v) is 3.95. The number of aromatic nitrogens is 2. The molecule has 0 atom stereocenters. The van der Waals surface area contributed by atoms with Gasteiger partial charge in [0.15, 0.2) is 11.5 Å². The third-order valence-electron chi connectivity index (χ3n) is 4.83. The molecule has 0 saturated carbocycles. The number of amides is 2. The van der Waals surface area contributed by atoms with E-state index in [1.165, 1.54) is 6.21 Å². The van der Waals surface area contributed by atoms with Crippen molar-refractivity contribution < 1.29 is 19.1 Å². The molecule has 0 unspecified atom stereocenters. The number of halogens is 1. The van der Waals surface area contributed by atoms with Crippen LogP contribution in [0.1, 0.15) is 18.1 Å². The minimum atomic E-state index is -0.944. The lowest BCUT2D eigenvalue weighted by Crippen LogP contribution is -2.32. The van der Waals surface area contributed by atoms with Crippen molar-refractivity contribution in [3.63, 3.8) is 0 Å². The van der Waals surface area contributed by atoms with Crippen molar-refractivity contribution in [3.05, 3.63) is 88.9 Å². The monoisotopic (exact) mass is 535 g/mol. The van der Waals surface area contributed by atoms with Crippen LogP contribution in [-0.4, -0.2) is 34.8 Å². The molecule has 3 aromatic carbocycles. The van der Waals surface area contributed by atoms with Gasteiger partial charge in [0.25, 0.3) is 0 Å². The van der Waals surface area contributed by atoms with Gasteiger partial charge in [-0.3, -0.25) is 14.9 Å². The maximum absolute atomic E-state index is 12.2. The standard InChI is InChI=1S/C26H22ClN5O4S/c1-2-35-22-14-18(10-13-21(22)36-16-17-8-11-20(27)12-9-17)15-28-30-24(34)23(33)29-26-32-31-25(37-26)19-6-4-3-5-7-19/h3-15H,2,16H2,1H3,(H,30,34)(H,29,32,33)/b28-15+. The van der Waals surface area contributed by atoms with Crippen molar-refractivity contribution >= 4 is 46.1 Å². The van der Waals surface area contributed by atoms with Crippen molar-refractivity contribution in [1.82, 2.24) is 15.6 Å². The zero-order valence-electron chi connectivity index (χ0n) is 19.7. The fraction of sp³-hybridized carbons (Fsp3) is 0.115. The molecule has 37 heavy (non-hydrogen) atoms. The molecule has 9 nitrogen and oxygen atoms in total. The van der Waals surface area contributed by atoms with E-state index in [0.29, 0.717) is 40.3 Å². The quantitative estimate of drug-likeness (QED) is 0.178. The van der Waals surface area contributed by atoms with Crippen LogP contribution in [-0.2, 0) is 16.2 Å². The second kappa shape index (κ2) is 12.6. The van der Waals surface area contributed by atoms with Crippen LogP contribution in [0.3, 0.4) is 0 Å². The molecule has 188 valence electrons. The number of nitrogens with zero attached hydrogens (tertiary/aromatic N) is 3. The van der Waals surface area contributed by atoms with Crippen LogP contribution in [0.2, 0.25) is 5.02 Å². The number of hydrazone groups is 1. The Labute approximate surface area is 222 Å². The maximum atomic E-state index is 12.2. The SMILES string of the molecule is CCOc1cc(/C=N/NC(=O)C(=O)Nc2nnc(-c3ccccc3)s2)ccc1OCc1ccc(Cl)cc1. The first-order chi connectivity index (χ1) is 18.0. The Morgan fingerprint density at radius 2 is 1.76 bits per heavy atom. The molecule has 0 aliphatic heterocycles.